The van der Waals surface area contributed by atoms with E-state index < -0.39 is 0 Å². The lowest BCUT2D eigenvalue weighted by molar-refractivity contribution is 0.468. The maximum absolute atomic E-state index is 8.80. The van der Waals surface area contributed by atoms with Crippen molar-refractivity contribution in [3.05, 3.63) is 52.4 Å². The van der Waals surface area contributed by atoms with E-state index in [0.717, 1.165) is 23.1 Å². The van der Waals surface area contributed by atoms with Crippen molar-refractivity contribution in [1.82, 2.24) is 0 Å². The molecule has 1 fully saturated rings. The van der Waals surface area contributed by atoms with Gasteiger partial charge in [-0.2, -0.15) is 5.26 Å². The van der Waals surface area contributed by atoms with Gasteiger partial charge in [-0.15, -0.1) is 0 Å². The molecule has 4 heteroatoms. The number of anilines is 1. The Balaban J connectivity index is 1.64. The average Bonchev–Trinajstić information content (AvgIpc) is 3.00. The van der Waals surface area contributed by atoms with Crippen molar-refractivity contribution in [3.63, 3.8) is 0 Å². The van der Waals surface area contributed by atoms with E-state index in [1.165, 1.54) is 6.42 Å². The first-order chi connectivity index (χ1) is 9.67. The van der Waals surface area contributed by atoms with Crippen LogP contribution in [-0.2, 0) is 6.54 Å². The van der Waals surface area contributed by atoms with Crippen LogP contribution in [0.2, 0.25) is 5.02 Å². The van der Waals surface area contributed by atoms with Crippen molar-refractivity contribution < 1.29 is 4.42 Å². The minimum Gasteiger partial charge on any atom is -0.464 e. The topological polar surface area (TPSA) is 49.0 Å². The molecule has 3 rings (SSSR count). The van der Waals surface area contributed by atoms with Gasteiger partial charge in [0.2, 0.25) is 0 Å². The fourth-order valence-electron chi connectivity index (χ4n) is 2.32. The van der Waals surface area contributed by atoms with Crippen LogP contribution in [0.1, 0.15) is 36.3 Å². The Morgan fingerprint density at radius 2 is 2.20 bits per heavy atom. The zero-order valence-electron chi connectivity index (χ0n) is 11.2. The van der Waals surface area contributed by atoms with E-state index in [2.05, 4.69) is 24.4 Å². The monoisotopic (exact) mass is 286 g/mol. The smallest absolute Gasteiger partial charge is 0.123 e. The lowest BCUT2D eigenvalue weighted by Crippen LogP contribution is -1.98. The van der Waals surface area contributed by atoms with Gasteiger partial charge in [0.05, 0.1) is 28.9 Å². The predicted octanol–water partition coefficient (Wildman–Crippen LogP) is 4.54. The number of hydrogen-bond donors (Lipinski definition) is 1. The lowest BCUT2D eigenvalue weighted by Gasteiger charge is -2.06. The summed E-state index contributed by atoms with van der Waals surface area (Å²) in [4.78, 5) is 0. The minimum atomic E-state index is 0.548. The Morgan fingerprint density at radius 1 is 1.40 bits per heavy atom. The minimum absolute atomic E-state index is 0.548. The SMILES string of the molecule is CC1CC1c1ccc(CNc2ccc(C#N)cc2Cl)o1. The fraction of sp³-hybridized carbons (Fsp3) is 0.312. The van der Waals surface area contributed by atoms with Crippen LogP contribution in [0.3, 0.4) is 0 Å². The molecule has 1 N–H and O–H groups in total. The van der Waals surface area contributed by atoms with Gasteiger partial charge in [0.1, 0.15) is 11.5 Å². The molecule has 1 aromatic carbocycles. The lowest BCUT2D eigenvalue weighted by atomic mass is 10.2. The normalized spacial score (nSPS) is 20.4. The second kappa shape index (κ2) is 5.22. The third kappa shape index (κ3) is 2.66. The Labute approximate surface area is 123 Å². The van der Waals surface area contributed by atoms with Gasteiger partial charge in [0.15, 0.2) is 0 Å². The quantitative estimate of drug-likeness (QED) is 0.897. The maximum Gasteiger partial charge on any atom is 0.123 e. The molecule has 2 atom stereocenters. The summed E-state index contributed by atoms with van der Waals surface area (Å²) in [6.45, 7) is 2.83. The van der Waals surface area contributed by atoms with E-state index in [4.69, 9.17) is 21.3 Å². The maximum atomic E-state index is 8.80. The molecule has 1 aliphatic rings. The Morgan fingerprint density at radius 3 is 2.85 bits per heavy atom. The van der Waals surface area contributed by atoms with Crippen molar-refractivity contribution in [3.8, 4) is 6.07 Å². The molecule has 0 spiro atoms. The number of nitrogens with one attached hydrogen (secondary N) is 1. The first-order valence-electron chi connectivity index (χ1n) is 6.69. The van der Waals surface area contributed by atoms with Gasteiger partial charge in [0.25, 0.3) is 0 Å². The van der Waals surface area contributed by atoms with Crippen LogP contribution in [0.25, 0.3) is 0 Å². The number of nitriles is 1. The molecule has 1 aliphatic carbocycles. The molecule has 20 heavy (non-hydrogen) atoms. The van der Waals surface area contributed by atoms with Gasteiger partial charge in [-0.3, -0.25) is 0 Å². The summed E-state index contributed by atoms with van der Waals surface area (Å²) < 4.78 is 5.83. The van der Waals surface area contributed by atoms with Crippen molar-refractivity contribution in [2.24, 2.45) is 5.92 Å². The summed E-state index contributed by atoms with van der Waals surface area (Å²) in [6, 6.07) is 11.3. The molecule has 1 heterocycles. The van der Waals surface area contributed by atoms with E-state index >= 15 is 0 Å². The zero-order valence-corrected chi connectivity index (χ0v) is 11.9. The fourth-order valence-corrected chi connectivity index (χ4v) is 2.57. The standard InChI is InChI=1S/C16H15ClN2O/c1-10-6-13(10)16-5-3-12(20-16)9-19-15-4-2-11(8-18)7-14(15)17/h2-5,7,10,13,19H,6,9H2,1H3. The van der Waals surface area contributed by atoms with Gasteiger partial charge in [0, 0.05) is 5.92 Å². The highest BCUT2D eigenvalue weighted by atomic mass is 35.5. The highest BCUT2D eigenvalue weighted by Gasteiger charge is 2.36. The molecule has 0 saturated heterocycles. The summed E-state index contributed by atoms with van der Waals surface area (Å²) in [7, 11) is 0. The highest BCUT2D eigenvalue weighted by Crippen LogP contribution is 2.47. The molecule has 1 saturated carbocycles. The summed E-state index contributed by atoms with van der Waals surface area (Å²) >= 11 is 6.11. The number of furan rings is 1. The Bertz CT molecular complexity index is 671. The molecule has 1 aromatic heterocycles. The first kappa shape index (κ1) is 13.1. The average molecular weight is 287 g/mol. The second-order valence-electron chi connectivity index (χ2n) is 5.28. The Hall–Kier alpha value is -1.92. The third-order valence-corrected chi connectivity index (χ3v) is 4.02. The summed E-state index contributed by atoms with van der Waals surface area (Å²) in [5.41, 5.74) is 1.37. The largest absolute Gasteiger partial charge is 0.464 e. The van der Waals surface area contributed by atoms with Crippen molar-refractivity contribution in [2.45, 2.75) is 25.8 Å². The Kier molecular flexibility index (Phi) is 3.42. The van der Waals surface area contributed by atoms with Crippen LogP contribution in [0.5, 0.6) is 0 Å². The first-order valence-corrected chi connectivity index (χ1v) is 7.07. The highest BCUT2D eigenvalue weighted by molar-refractivity contribution is 6.33. The van der Waals surface area contributed by atoms with Crippen molar-refractivity contribution in [1.29, 1.82) is 5.26 Å². The van der Waals surface area contributed by atoms with Crippen LogP contribution in [0.15, 0.2) is 34.7 Å². The molecule has 0 bridgehead atoms. The summed E-state index contributed by atoms with van der Waals surface area (Å²) in [5.74, 6) is 3.33. The van der Waals surface area contributed by atoms with Crippen molar-refractivity contribution >= 4 is 17.3 Å². The van der Waals surface area contributed by atoms with E-state index in [-0.39, 0.29) is 0 Å². The molecule has 3 nitrogen and oxygen atoms in total. The molecule has 0 amide bonds. The predicted molar refractivity (Wildman–Crippen MR) is 78.7 cm³/mol. The third-order valence-electron chi connectivity index (χ3n) is 3.71. The van der Waals surface area contributed by atoms with E-state index in [9.17, 15) is 0 Å². The van der Waals surface area contributed by atoms with Crippen molar-refractivity contribution in [2.75, 3.05) is 5.32 Å². The second-order valence-corrected chi connectivity index (χ2v) is 5.69. The van der Waals surface area contributed by atoms with Gasteiger partial charge in [-0.25, -0.2) is 0 Å². The number of rotatable bonds is 4. The van der Waals surface area contributed by atoms with Gasteiger partial charge in [-0.05, 0) is 42.7 Å². The van der Waals surface area contributed by atoms with Crippen LogP contribution < -0.4 is 5.32 Å². The number of halogens is 1. The molecule has 0 aliphatic heterocycles. The molecular formula is C16H15ClN2O. The van der Waals surface area contributed by atoms with E-state index in [1.807, 2.05) is 12.1 Å². The molecule has 102 valence electrons. The number of nitrogens with zero attached hydrogens (tertiary/aromatic N) is 1. The van der Waals surface area contributed by atoms with Gasteiger partial charge < -0.3 is 9.73 Å². The number of benzene rings is 1. The molecule has 0 radical (unpaired) electrons. The van der Waals surface area contributed by atoms with E-state index in [1.54, 1.807) is 12.1 Å². The summed E-state index contributed by atoms with van der Waals surface area (Å²) in [5, 5.41) is 12.6. The summed E-state index contributed by atoms with van der Waals surface area (Å²) in [6.07, 6.45) is 1.22. The van der Waals surface area contributed by atoms with E-state index in [0.29, 0.717) is 23.0 Å². The van der Waals surface area contributed by atoms with Crippen LogP contribution in [0.4, 0.5) is 5.69 Å². The van der Waals surface area contributed by atoms with Crippen LogP contribution >= 0.6 is 11.6 Å². The number of hydrogen-bond acceptors (Lipinski definition) is 3. The van der Waals surface area contributed by atoms with Gasteiger partial charge >= 0.3 is 0 Å². The zero-order chi connectivity index (χ0) is 14.1. The molecule has 2 aromatic rings. The molecule has 2 unspecified atom stereocenters. The van der Waals surface area contributed by atoms with Crippen LogP contribution in [-0.4, -0.2) is 0 Å². The molecular weight excluding hydrogens is 272 g/mol. The van der Waals surface area contributed by atoms with Gasteiger partial charge in [-0.1, -0.05) is 18.5 Å². The van der Waals surface area contributed by atoms with Crippen LogP contribution in [0, 0.1) is 17.2 Å².